The second-order valence-electron chi connectivity index (χ2n) is 3.38. The Balaban J connectivity index is 4.08. The average molecular weight is 302 g/mol. The summed E-state index contributed by atoms with van der Waals surface area (Å²) in [4.78, 5) is 20.8. The lowest BCUT2D eigenvalue weighted by atomic mass is 10.4. The maximum Gasteiger partial charge on any atom is 0.319 e. The molecule has 0 aromatic carbocycles. The maximum atomic E-state index is 11.1. The van der Waals surface area contributed by atoms with E-state index in [0.29, 0.717) is 0 Å². The minimum absolute atomic E-state index is 0.0316. The number of rotatable bonds is 7. The third kappa shape index (κ3) is 8.93. The predicted molar refractivity (Wildman–Crippen MR) is 60.3 cm³/mol. The lowest BCUT2D eigenvalue weighted by Crippen LogP contribution is -2.17. The molecule has 0 aliphatic heterocycles. The van der Waals surface area contributed by atoms with Crippen LogP contribution >= 0.6 is 0 Å². The zero-order valence-corrected chi connectivity index (χ0v) is 11.5. The summed E-state index contributed by atoms with van der Waals surface area (Å²) in [6.07, 6.45) is -0.0633. The highest BCUT2D eigenvalue weighted by Gasteiger charge is 2.17. The standard InChI is InChI=1S/C8H14O8S2/c1-7(9)15-17(11,12)5-3-4-6-18(13,14)16-8(2)10/h3-6H2,1-2H3. The summed E-state index contributed by atoms with van der Waals surface area (Å²) >= 11 is 0. The molecular weight excluding hydrogens is 288 g/mol. The SMILES string of the molecule is CC(=O)OS(=O)(=O)CCCCS(=O)(=O)OC(C)=O. The van der Waals surface area contributed by atoms with Crippen molar-refractivity contribution in [1.29, 1.82) is 0 Å². The lowest BCUT2D eigenvalue weighted by molar-refractivity contribution is -0.132. The number of hydrogen-bond acceptors (Lipinski definition) is 8. The van der Waals surface area contributed by atoms with Gasteiger partial charge in [-0.1, -0.05) is 0 Å². The average Bonchev–Trinajstić information content (AvgIpc) is 2.08. The van der Waals surface area contributed by atoms with Crippen molar-refractivity contribution in [3.8, 4) is 0 Å². The number of hydrogen-bond donors (Lipinski definition) is 0. The predicted octanol–water partition coefficient (Wildman–Crippen LogP) is -0.448. The van der Waals surface area contributed by atoms with Crippen molar-refractivity contribution >= 4 is 32.2 Å². The first-order valence-corrected chi connectivity index (χ1v) is 8.05. The maximum absolute atomic E-state index is 11.1. The Hall–Kier alpha value is -1.16. The molecule has 0 radical (unpaired) electrons. The molecule has 0 rings (SSSR count). The first-order valence-electron chi connectivity index (χ1n) is 4.89. The highest BCUT2D eigenvalue weighted by molar-refractivity contribution is 7.87. The Kier molecular flexibility index (Phi) is 6.26. The van der Waals surface area contributed by atoms with Crippen LogP contribution in [0.15, 0.2) is 0 Å². The number of carbonyl (C=O) groups is 2. The van der Waals surface area contributed by atoms with E-state index in [1.807, 2.05) is 0 Å². The van der Waals surface area contributed by atoms with Crippen LogP contribution in [0.1, 0.15) is 26.7 Å². The highest BCUT2D eigenvalue weighted by Crippen LogP contribution is 2.04. The number of unbranched alkanes of at least 4 members (excludes halogenated alkanes) is 1. The zero-order valence-electron chi connectivity index (χ0n) is 9.91. The van der Waals surface area contributed by atoms with Gasteiger partial charge < -0.3 is 8.37 Å². The molecule has 0 aliphatic rings. The summed E-state index contributed by atoms with van der Waals surface area (Å²) in [7, 11) is -7.95. The van der Waals surface area contributed by atoms with Gasteiger partial charge in [0.25, 0.3) is 0 Å². The van der Waals surface area contributed by atoms with Crippen LogP contribution in [0.4, 0.5) is 0 Å². The van der Waals surface area contributed by atoms with Crippen LogP contribution in [-0.4, -0.2) is 40.3 Å². The fourth-order valence-electron chi connectivity index (χ4n) is 0.999. The molecule has 18 heavy (non-hydrogen) atoms. The quantitative estimate of drug-likeness (QED) is 0.458. The van der Waals surface area contributed by atoms with E-state index >= 15 is 0 Å². The summed E-state index contributed by atoms with van der Waals surface area (Å²) in [6.45, 7) is 1.89. The van der Waals surface area contributed by atoms with Gasteiger partial charge in [0.15, 0.2) is 0 Å². The molecule has 0 bridgehead atoms. The molecule has 0 aromatic rings. The molecule has 0 unspecified atom stereocenters. The molecule has 0 aliphatic carbocycles. The van der Waals surface area contributed by atoms with Crippen molar-refractivity contribution in [2.45, 2.75) is 26.7 Å². The molecule has 0 amide bonds. The van der Waals surface area contributed by atoms with Crippen LogP contribution in [0.5, 0.6) is 0 Å². The topological polar surface area (TPSA) is 121 Å². The van der Waals surface area contributed by atoms with Crippen molar-refractivity contribution in [3.63, 3.8) is 0 Å². The second kappa shape index (κ2) is 6.69. The van der Waals surface area contributed by atoms with E-state index in [9.17, 15) is 26.4 Å². The van der Waals surface area contributed by atoms with E-state index < -0.39 is 43.7 Å². The number of carbonyl (C=O) groups excluding carboxylic acids is 2. The van der Waals surface area contributed by atoms with Crippen LogP contribution in [0.25, 0.3) is 0 Å². The third-order valence-electron chi connectivity index (χ3n) is 1.53. The first kappa shape index (κ1) is 16.8. The fraction of sp³-hybridized carbons (Fsp3) is 0.750. The van der Waals surface area contributed by atoms with Gasteiger partial charge in [-0.3, -0.25) is 9.59 Å². The monoisotopic (exact) mass is 302 g/mol. The summed E-state index contributed by atoms with van der Waals surface area (Å²) in [6, 6.07) is 0. The van der Waals surface area contributed by atoms with Crippen LogP contribution < -0.4 is 0 Å². The van der Waals surface area contributed by atoms with E-state index in [4.69, 9.17) is 0 Å². The third-order valence-corrected chi connectivity index (χ3v) is 4.08. The molecule has 0 aromatic heterocycles. The summed E-state index contributed by atoms with van der Waals surface area (Å²) < 4.78 is 52.3. The molecular formula is C8H14O8S2. The van der Waals surface area contributed by atoms with E-state index in [-0.39, 0.29) is 12.8 Å². The molecule has 0 heterocycles. The highest BCUT2D eigenvalue weighted by atomic mass is 32.2. The van der Waals surface area contributed by atoms with Crippen molar-refractivity contribution in [3.05, 3.63) is 0 Å². The van der Waals surface area contributed by atoms with Gasteiger partial charge in [-0.2, -0.15) is 16.8 Å². The Labute approximate surface area is 106 Å². The molecule has 0 N–H and O–H groups in total. The van der Waals surface area contributed by atoms with Crippen molar-refractivity contribution in [1.82, 2.24) is 0 Å². The summed E-state index contributed by atoms with van der Waals surface area (Å²) in [5.41, 5.74) is 0. The van der Waals surface area contributed by atoms with Gasteiger partial charge in [0.2, 0.25) is 0 Å². The molecule has 0 spiro atoms. The van der Waals surface area contributed by atoms with E-state index in [0.717, 1.165) is 13.8 Å². The van der Waals surface area contributed by atoms with Crippen molar-refractivity contribution in [2.24, 2.45) is 0 Å². The van der Waals surface area contributed by atoms with Crippen LogP contribution in [-0.2, 0) is 38.2 Å². The molecule has 0 fully saturated rings. The molecule has 0 atom stereocenters. The van der Waals surface area contributed by atoms with Gasteiger partial charge in [-0.15, -0.1) is 0 Å². The van der Waals surface area contributed by atoms with Gasteiger partial charge >= 0.3 is 32.2 Å². The largest absolute Gasteiger partial charge is 0.346 e. The summed E-state index contributed by atoms with van der Waals surface area (Å²) in [5, 5.41) is 0. The van der Waals surface area contributed by atoms with E-state index in [2.05, 4.69) is 8.37 Å². The molecule has 0 saturated heterocycles. The zero-order chi connectivity index (χ0) is 14.4. The van der Waals surface area contributed by atoms with E-state index in [1.54, 1.807) is 0 Å². The van der Waals surface area contributed by atoms with Gasteiger partial charge in [0, 0.05) is 13.8 Å². The Morgan fingerprint density at radius 3 is 1.28 bits per heavy atom. The van der Waals surface area contributed by atoms with Crippen LogP contribution in [0.3, 0.4) is 0 Å². The van der Waals surface area contributed by atoms with Gasteiger partial charge in [0.05, 0.1) is 11.5 Å². The Morgan fingerprint density at radius 1 is 0.778 bits per heavy atom. The minimum atomic E-state index is -3.97. The fourth-order valence-corrected chi connectivity index (χ4v) is 3.00. The van der Waals surface area contributed by atoms with Crippen molar-refractivity contribution in [2.75, 3.05) is 11.5 Å². The van der Waals surface area contributed by atoms with Crippen LogP contribution in [0, 0.1) is 0 Å². The first-order chi connectivity index (χ1) is 8.04. The molecule has 106 valence electrons. The Bertz CT molecular complexity index is 453. The normalized spacial score (nSPS) is 11.9. The van der Waals surface area contributed by atoms with Gasteiger partial charge in [0.1, 0.15) is 0 Å². The lowest BCUT2D eigenvalue weighted by Gasteiger charge is -2.04. The Morgan fingerprint density at radius 2 is 1.06 bits per heavy atom. The van der Waals surface area contributed by atoms with Gasteiger partial charge in [-0.05, 0) is 12.8 Å². The second-order valence-corrected chi connectivity index (χ2v) is 6.76. The van der Waals surface area contributed by atoms with Gasteiger partial charge in [-0.25, -0.2) is 0 Å². The smallest absolute Gasteiger partial charge is 0.319 e. The summed E-state index contributed by atoms with van der Waals surface area (Å²) in [5.74, 6) is -2.88. The van der Waals surface area contributed by atoms with Crippen LogP contribution in [0.2, 0.25) is 0 Å². The van der Waals surface area contributed by atoms with Crippen molar-refractivity contribution < 1.29 is 34.8 Å². The molecule has 8 nitrogen and oxygen atoms in total. The molecule has 10 heteroatoms. The minimum Gasteiger partial charge on any atom is -0.346 e. The molecule has 0 saturated carbocycles. The van der Waals surface area contributed by atoms with E-state index in [1.165, 1.54) is 0 Å².